The predicted molar refractivity (Wildman–Crippen MR) is 138 cm³/mol. The van der Waals surface area contributed by atoms with E-state index in [1.807, 2.05) is 18.3 Å². The maximum atomic E-state index is 5.72. The maximum Gasteiger partial charge on any atom is 0.191 e. The van der Waals surface area contributed by atoms with Crippen LogP contribution >= 0.6 is 24.0 Å². The van der Waals surface area contributed by atoms with Crippen LogP contribution in [0.15, 0.2) is 46.1 Å². The van der Waals surface area contributed by atoms with E-state index in [9.17, 15) is 0 Å². The summed E-state index contributed by atoms with van der Waals surface area (Å²) in [6.07, 6.45) is 6.36. The van der Waals surface area contributed by atoms with Crippen LogP contribution in [0.25, 0.3) is 0 Å². The summed E-state index contributed by atoms with van der Waals surface area (Å²) in [5.41, 5.74) is 1.18. The van der Waals surface area contributed by atoms with Crippen molar-refractivity contribution in [1.29, 1.82) is 0 Å². The van der Waals surface area contributed by atoms with Crippen LogP contribution in [0, 0.1) is 0 Å². The second-order valence-corrected chi connectivity index (χ2v) is 8.23. The highest BCUT2D eigenvalue weighted by atomic mass is 127. The van der Waals surface area contributed by atoms with E-state index in [1.165, 1.54) is 18.4 Å². The van der Waals surface area contributed by atoms with Gasteiger partial charge in [-0.25, -0.2) is 4.98 Å². The normalized spacial score (nSPS) is 20.6. The molecule has 2 aliphatic heterocycles. The van der Waals surface area contributed by atoms with E-state index in [-0.39, 0.29) is 36.1 Å². The summed E-state index contributed by atoms with van der Waals surface area (Å²) >= 11 is 0. The van der Waals surface area contributed by atoms with E-state index >= 15 is 0 Å². The Labute approximate surface area is 207 Å². The smallest absolute Gasteiger partial charge is 0.191 e. The van der Waals surface area contributed by atoms with Gasteiger partial charge in [0.05, 0.1) is 25.0 Å². The molecule has 8 nitrogen and oxygen atoms in total. The second kappa shape index (κ2) is 12.4. The van der Waals surface area contributed by atoms with Gasteiger partial charge in [-0.3, -0.25) is 9.89 Å². The number of ether oxygens (including phenoxy) is 1. The van der Waals surface area contributed by atoms with Crippen molar-refractivity contribution in [1.82, 2.24) is 20.5 Å². The van der Waals surface area contributed by atoms with Crippen LogP contribution < -0.4 is 15.5 Å². The Hall–Kier alpha value is -1.85. The standard InChI is InChI=1S/C23H34N6O2.HI/c1-18-17-29(11-13-30-18)22-14-19(7-8-25-22)15-26-23(24-2)27-16-20(21-6-5-12-31-21)28-9-3-4-10-28;/h5-8,12,14,18,20H,3-4,9-11,13,15-17H2,1-2H3,(H2,24,26,27);1H. The molecule has 2 aromatic heterocycles. The van der Waals surface area contributed by atoms with Crippen LogP contribution in [-0.4, -0.2) is 68.3 Å². The lowest BCUT2D eigenvalue weighted by molar-refractivity contribution is 0.0529. The highest BCUT2D eigenvalue weighted by molar-refractivity contribution is 14.0. The van der Waals surface area contributed by atoms with Crippen LogP contribution in [0.4, 0.5) is 5.82 Å². The van der Waals surface area contributed by atoms with Gasteiger partial charge in [-0.05, 0) is 62.7 Å². The van der Waals surface area contributed by atoms with Crippen molar-refractivity contribution >= 4 is 35.8 Å². The van der Waals surface area contributed by atoms with Crippen molar-refractivity contribution in [3.8, 4) is 0 Å². The fourth-order valence-corrected chi connectivity index (χ4v) is 4.31. The SMILES string of the molecule is CN=C(NCc1ccnc(N2CCOC(C)C2)c1)NCC(c1ccco1)N1CCCC1.I. The van der Waals surface area contributed by atoms with E-state index in [4.69, 9.17) is 9.15 Å². The molecule has 2 aliphatic rings. The number of pyridine rings is 1. The number of nitrogens with one attached hydrogen (secondary N) is 2. The molecule has 0 aromatic carbocycles. The van der Waals surface area contributed by atoms with E-state index < -0.39 is 0 Å². The Morgan fingerprint density at radius 2 is 2.09 bits per heavy atom. The summed E-state index contributed by atoms with van der Waals surface area (Å²) in [4.78, 5) is 13.7. The number of aromatic nitrogens is 1. The van der Waals surface area contributed by atoms with E-state index in [2.05, 4.69) is 49.5 Å². The monoisotopic (exact) mass is 554 g/mol. The first-order valence-electron chi connectivity index (χ1n) is 11.3. The van der Waals surface area contributed by atoms with Crippen molar-refractivity contribution in [3.05, 3.63) is 48.0 Å². The van der Waals surface area contributed by atoms with Crippen molar-refractivity contribution in [3.63, 3.8) is 0 Å². The molecule has 0 bridgehead atoms. The van der Waals surface area contributed by atoms with Gasteiger partial charge in [0.15, 0.2) is 5.96 Å². The molecular formula is C23H35IN6O2. The molecular weight excluding hydrogens is 519 g/mol. The molecule has 2 aromatic rings. The number of likely N-dealkylation sites (tertiary alicyclic amines) is 1. The zero-order valence-electron chi connectivity index (χ0n) is 19.0. The Kier molecular flexibility index (Phi) is 9.61. The summed E-state index contributed by atoms with van der Waals surface area (Å²) < 4.78 is 11.4. The molecule has 0 amide bonds. The Morgan fingerprint density at radius 3 is 2.81 bits per heavy atom. The topological polar surface area (TPSA) is 78.2 Å². The average molecular weight is 554 g/mol. The van der Waals surface area contributed by atoms with Gasteiger partial charge in [-0.15, -0.1) is 24.0 Å². The first-order valence-corrected chi connectivity index (χ1v) is 11.3. The quantitative estimate of drug-likeness (QED) is 0.310. The van der Waals surface area contributed by atoms with E-state index in [1.54, 1.807) is 13.3 Å². The Balaban J connectivity index is 0.00000289. The molecule has 2 unspecified atom stereocenters. The number of anilines is 1. The van der Waals surface area contributed by atoms with Crippen LogP contribution in [0.5, 0.6) is 0 Å². The number of nitrogens with zero attached hydrogens (tertiary/aromatic N) is 4. The largest absolute Gasteiger partial charge is 0.468 e. The van der Waals surface area contributed by atoms with Gasteiger partial charge in [0.2, 0.25) is 0 Å². The zero-order valence-corrected chi connectivity index (χ0v) is 21.3. The minimum atomic E-state index is 0. The van der Waals surface area contributed by atoms with Crippen molar-refractivity contribution in [2.45, 2.75) is 38.5 Å². The Morgan fingerprint density at radius 1 is 1.25 bits per heavy atom. The third kappa shape index (κ3) is 6.58. The van der Waals surface area contributed by atoms with E-state index in [0.29, 0.717) is 6.54 Å². The van der Waals surface area contributed by atoms with Gasteiger partial charge in [0.1, 0.15) is 11.6 Å². The molecule has 176 valence electrons. The molecule has 2 atom stereocenters. The van der Waals surface area contributed by atoms with Crippen LogP contribution in [0.3, 0.4) is 0 Å². The Bertz CT molecular complexity index is 841. The molecule has 0 saturated carbocycles. The minimum Gasteiger partial charge on any atom is -0.468 e. The van der Waals surface area contributed by atoms with Gasteiger partial charge >= 0.3 is 0 Å². The van der Waals surface area contributed by atoms with Crippen LogP contribution in [0.2, 0.25) is 0 Å². The summed E-state index contributed by atoms with van der Waals surface area (Å²) in [5.74, 6) is 2.79. The van der Waals surface area contributed by atoms with Crippen molar-refractivity contribution in [2.24, 2.45) is 4.99 Å². The van der Waals surface area contributed by atoms with Crippen molar-refractivity contribution < 1.29 is 9.15 Å². The number of guanidine groups is 1. The fraction of sp³-hybridized carbons (Fsp3) is 0.565. The highest BCUT2D eigenvalue weighted by Crippen LogP contribution is 2.24. The number of morpholine rings is 1. The van der Waals surface area contributed by atoms with Crippen LogP contribution in [-0.2, 0) is 11.3 Å². The fourth-order valence-electron chi connectivity index (χ4n) is 4.31. The number of aliphatic imine (C=N–C) groups is 1. The molecule has 32 heavy (non-hydrogen) atoms. The van der Waals surface area contributed by atoms with Gasteiger partial charge < -0.3 is 24.7 Å². The lowest BCUT2D eigenvalue weighted by Gasteiger charge is -2.32. The maximum absolute atomic E-state index is 5.72. The molecule has 2 fully saturated rings. The predicted octanol–water partition coefficient (Wildman–Crippen LogP) is 3.02. The molecule has 0 radical (unpaired) electrons. The summed E-state index contributed by atoms with van der Waals surface area (Å²) in [6.45, 7) is 8.25. The first-order chi connectivity index (χ1) is 15.2. The lowest BCUT2D eigenvalue weighted by atomic mass is 10.2. The number of rotatable bonds is 7. The second-order valence-electron chi connectivity index (χ2n) is 8.23. The molecule has 0 aliphatic carbocycles. The third-order valence-electron chi connectivity index (χ3n) is 5.97. The number of furan rings is 1. The third-order valence-corrected chi connectivity index (χ3v) is 5.97. The number of hydrogen-bond donors (Lipinski definition) is 2. The van der Waals surface area contributed by atoms with E-state index in [0.717, 1.165) is 56.9 Å². The minimum absolute atomic E-state index is 0. The number of halogens is 1. The summed E-state index contributed by atoms with van der Waals surface area (Å²) in [6, 6.07) is 8.43. The summed E-state index contributed by atoms with van der Waals surface area (Å²) in [5, 5.41) is 6.92. The van der Waals surface area contributed by atoms with Gasteiger partial charge in [-0.2, -0.15) is 0 Å². The molecule has 9 heteroatoms. The van der Waals surface area contributed by atoms with Crippen LogP contribution in [0.1, 0.15) is 37.1 Å². The van der Waals surface area contributed by atoms with Gasteiger partial charge in [-0.1, -0.05) is 0 Å². The molecule has 2 N–H and O–H groups in total. The lowest BCUT2D eigenvalue weighted by Crippen LogP contribution is -2.42. The van der Waals surface area contributed by atoms with Crippen molar-refractivity contribution in [2.75, 3.05) is 51.3 Å². The van der Waals surface area contributed by atoms with Gasteiger partial charge in [0.25, 0.3) is 0 Å². The molecule has 2 saturated heterocycles. The highest BCUT2D eigenvalue weighted by Gasteiger charge is 2.25. The molecule has 4 rings (SSSR count). The van der Waals surface area contributed by atoms with Gasteiger partial charge in [0, 0.05) is 39.4 Å². The summed E-state index contributed by atoms with van der Waals surface area (Å²) in [7, 11) is 1.81. The zero-order chi connectivity index (χ0) is 21.5. The number of hydrogen-bond acceptors (Lipinski definition) is 6. The average Bonchev–Trinajstić information content (AvgIpc) is 3.51. The first kappa shape index (κ1) is 24.8. The molecule has 0 spiro atoms. The molecule has 4 heterocycles.